The monoisotopic (exact) mass is 435 g/mol. The van der Waals surface area contributed by atoms with Crippen LogP contribution in [-0.4, -0.2) is 27.8 Å². The SMILES string of the molecule is C/C(=N\NC(=O)c1ccncc1)C1=CCC2C3CC[C@H]4CC(O)CC[C@]4(C)C3CC[C@]12C. The molecule has 5 nitrogen and oxygen atoms in total. The van der Waals surface area contributed by atoms with Gasteiger partial charge in [-0.2, -0.15) is 5.10 Å². The average Bonchev–Trinajstić information content (AvgIpc) is 3.15. The smallest absolute Gasteiger partial charge is 0.271 e. The lowest BCUT2D eigenvalue weighted by Gasteiger charge is -2.60. The van der Waals surface area contributed by atoms with Crippen LogP contribution < -0.4 is 5.43 Å². The van der Waals surface area contributed by atoms with Gasteiger partial charge in [-0.05, 0) is 110 Å². The first-order valence-corrected chi connectivity index (χ1v) is 12.5. The predicted molar refractivity (Wildman–Crippen MR) is 126 cm³/mol. The van der Waals surface area contributed by atoms with E-state index in [9.17, 15) is 9.90 Å². The zero-order valence-electron chi connectivity index (χ0n) is 19.7. The number of aromatic nitrogens is 1. The van der Waals surface area contributed by atoms with Gasteiger partial charge in [-0.15, -0.1) is 0 Å². The summed E-state index contributed by atoms with van der Waals surface area (Å²) in [4.78, 5) is 16.4. The molecule has 172 valence electrons. The van der Waals surface area contributed by atoms with Crippen LogP contribution in [0.2, 0.25) is 0 Å². The van der Waals surface area contributed by atoms with Crippen LogP contribution in [0.1, 0.15) is 82.5 Å². The van der Waals surface area contributed by atoms with Gasteiger partial charge in [0.1, 0.15) is 0 Å². The molecule has 3 fully saturated rings. The molecule has 4 aliphatic rings. The van der Waals surface area contributed by atoms with E-state index in [2.05, 4.69) is 35.4 Å². The first-order chi connectivity index (χ1) is 15.3. The molecule has 2 N–H and O–H groups in total. The number of hydrogen-bond acceptors (Lipinski definition) is 4. The Morgan fingerprint density at radius 1 is 1.12 bits per heavy atom. The van der Waals surface area contributed by atoms with E-state index in [-0.39, 0.29) is 17.4 Å². The zero-order chi connectivity index (χ0) is 22.5. The number of carbonyl (C=O) groups excluding carboxylic acids is 1. The first kappa shape index (κ1) is 21.8. The number of aliphatic hydroxyl groups is 1. The molecular formula is C27H37N3O2. The quantitative estimate of drug-likeness (QED) is 0.511. The van der Waals surface area contributed by atoms with Crippen LogP contribution >= 0.6 is 0 Å². The highest BCUT2D eigenvalue weighted by Gasteiger charge is 2.58. The third-order valence-corrected chi connectivity index (χ3v) is 9.88. The number of hydrogen-bond donors (Lipinski definition) is 2. The topological polar surface area (TPSA) is 74.6 Å². The normalized spacial score (nSPS) is 41.2. The van der Waals surface area contributed by atoms with Crippen molar-refractivity contribution in [3.05, 3.63) is 41.7 Å². The number of fused-ring (bicyclic) bond motifs is 5. The summed E-state index contributed by atoms with van der Waals surface area (Å²) in [6, 6.07) is 3.41. The van der Waals surface area contributed by atoms with E-state index in [0.29, 0.717) is 22.8 Å². The molecule has 4 aliphatic carbocycles. The Bertz CT molecular complexity index is 941. The third kappa shape index (κ3) is 3.44. The second-order valence-electron chi connectivity index (χ2n) is 11.3. The Morgan fingerprint density at radius 2 is 1.91 bits per heavy atom. The number of amides is 1. The van der Waals surface area contributed by atoms with Crippen molar-refractivity contribution in [1.82, 2.24) is 10.4 Å². The van der Waals surface area contributed by atoms with E-state index < -0.39 is 0 Å². The van der Waals surface area contributed by atoms with Gasteiger partial charge in [0.05, 0.1) is 11.8 Å². The largest absolute Gasteiger partial charge is 0.393 e. The molecule has 1 heterocycles. The van der Waals surface area contributed by atoms with Crippen molar-refractivity contribution in [3.8, 4) is 0 Å². The standard InChI is InChI=1S/C27H37N3O2/c1-17(29-30-25(32)18-10-14-28-15-11-18)22-6-7-23-21-5-4-19-16-20(31)8-12-26(19,2)24(21)9-13-27(22,23)3/h6,10-11,14-15,19-21,23-24,31H,4-5,7-9,12-13,16H2,1-3H3,(H,30,32)/b29-17+/t19-,20?,21?,23?,24?,26-,27+/m0/s1. The van der Waals surface area contributed by atoms with Crippen molar-refractivity contribution < 1.29 is 9.90 Å². The predicted octanol–water partition coefficient (Wildman–Crippen LogP) is 5.13. The van der Waals surface area contributed by atoms with Gasteiger partial charge in [0, 0.05) is 18.0 Å². The maximum atomic E-state index is 12.4. The van der Waals surface area contributed by atoms with Gasteiger partial charge in [0.25, 0.3) is 5.91 Å². The van der Waals surface area contributed by atoms with E-state index in [1.165, 1.54) is 37.7 Å². The molecule has 0 spiro atoms. The molecule has 7 atom stereocenters. The summed E-state index contributed by atoms with van der Waals surface area (Å²) < 4.78 is 0. The van der Waals surface area contributed by atoms with Gasteiger partial charge >= 0.3 is 0 Å². The van der Waals surface area contributed by atoms with Gasteiger partial charge in [-0.25, -0.2) is 5.43 Å². The Hall–Kier alpha value is -2.01. The molecule has 0 saturated heterocycles. The van der Waals surface area contributed by atoms with Gasteiger partial charge in [0.15, 0.2) is 0 Å². The summed E-state index contributed by atoms with van der Waals surface area (Å²) in [5, 5.41) is 14.8. The van der Waals surface area contributed by atoms with Crippen LogP contribution in [0.4, 0.5) is 0 Å². The van der Waals surface area contributed by atoms with Gasteiger partial charge < -0.3 is 5.11 Å². The van der Waals surface area contributed by atoms with Crippen molar-refractivity contribution in [1.29, 1.82) is 0 Å². The summed E-state index contributed by atoms with van der Waals surface area (Å²) in [7, 11) is 0. The number of carbonyl (C=O) groups is 1. The average molecular weight is 436 g/mol. The second kappa shape index (κ2) is 8.09. The lowest BCUT2D eigenvalue weighted by Crippen LogP contribution is -2.53. The molecule has 5 rings (SSSR count). The third-order valence-electron chi connectivity index (χ3n) is 9.88. The Kier molecular flexibility index (Phi) is 5.51. The first-order valence-electron chi connectivity index (χ1n) is 12.5. The summed E-state index contributed by atoms with van der Waals surface area (Å²) >= 11 is 0. The highest BCUT2D eigenvalue weighted by Crippen LogP contribution is 2.66. The number of hydrazone groups is 1. The van der Waals surface area contributed by atoms with Crippen LogP contribution in [0.5, 0.6) is 0 Å². The van der Waals surface area contributed by atoms with E-state index >= 15 is 0 Å². The minimum atomic E-state index is -0.193. The molecular weight excluding hydrogens is 398 g/mol. The molecule has 3 saturated carbocycles. The number of aliphatic hydroxyl groups excluding tert-OH is 1. The molecule has 32 heavy (non-hydrogen) atoms. The zero-order valence-corrected chi connectivity index (χ0v) is 19.7. The number of nitrogens with one attached hydrogen (secondary N) is 1. The van der Waals surface area contributed by atoms with Crippen molar-refractivity contribution >= 4 is 11.6 Å². The molecule has 0 bridgehead atoms. The lowest BCUT2D eigenvalue weighted by atomic mass is 9.44. The van der Waals surface area contributed by atoms with Crippen molar-refractivity contribution in [2.75, 3.05) is 0 Å². The van der Waals surface area contributed by atoms with Crippen molar-refractivity contribution in [2.45, 2.75) is 78.2 Å². The Balaban J connectivity index is 1.32. The fraction of sp³-hybridized carbons (Fsp3) is 0.667. The van der Waals surface area contributed by atoms with E-state index in [4.69, 9.17) is 0 Å². The van der Waals surface area contributed by atoms with Gasteiger partial charge in [0.2, 0.25) is 0 Å². The van der Waals surface area contributed by atoms with Crippen LogP contribution in [0.3, 0.4) is 0 Å². The second-order valence-corrected chi connectivity index (χ2v) is 11.3. The van der Waals surface area contributed by atoms with E-state index in [0.717, 1.165) is 36.8 Å². The molecule has 4 unspecified atom stereocenters. The summed E-state index contributed by atoms with van der Waals surface area (Å²) in [6.07, 6.45) is 14.9. The summed E-state index contributed by atoms with van der Waals surface area (Å²) in [5.41, 5.74) is 6.14. The molecule has 0 aliphatic heterocycles. The van der Waals surface area contributed by atoms with Crippen LogP contribution in [0.15, 0.2) is 41.3 Å². The molecule has 5 heteroatoms. The molecule has 0 aromatic carbocycles. The Morgan fingerprint density at radius 3 is 2.69 bits per heavy atom. The van der Waals surface area contributed by atoms with Crippen LogP contribution in [-0.2, 0) is 0 Å². The van der Waals surface area contributed by atoms with E-state index in [1.54, 1.807) is 24.5 Å². The van der Waals surface area contributed by atoms with Crippen LogP contribution in [0, 0.1) is 34.5 Å². The van der Waals surface area contributed by atoms with Gasteiger partial charge in [-0.3, -0.25) is 9.78 Å². The van der Waals surface area contributed by atoms with Gasteiger partial charge in [-0.1, -0.05) is 19.9 Å². The van der Waals surface area contributed by atoms with E-state index in [1.807, 2.05) is 6.92 Å². The fourth-order valence-electron chi connectivity index (χ4n) is 8.13. The highest BCUT2D eigenvalue weighted by molar-refractivity contribution is 6.01. The highest BCUT2D eigenvalue weighted by atomic mass is 16.3. The molecule has 1 amide bonds. The minimum absolute atomic E-state index is 0.0838. The maximum absolute atomic E-state index is 12.4. The van der Waals surface area contributed by atoms with Crippen molar-refractivity contribution in [2.24, 2.45) is 39.6 Å². The summed E-state index contributed by atoms with van der Waals surface area (Å²) in [5.74, 6) is 2.71. The fourth-order valence-corrected chi connectivity index (χ4v) is 8.13. The lowest BCUT2D eigenvalue weighted by molar-refractivity contribution is -0.117. The van der Waals surface area contributed by atoms with Crippen molar-refractivity contribution in [3.63, 3.8) is 0 Å². The minimum Gasteiger partial charge on any atom is -0.393 e. The maximum Gasteiger partial charge on any atom is 0.271 e. The number of allylic oxidation sites excluding steroid dienone is 2. The number of rotatable bonds is 3. The van der Waals surface area contributed by atoms with Crippen LogP contribution in [0.25, 0.3) is 0 Å². The molecule has 1 aromatic rings. The molecule has 1 aromatic heterocycles. The number of nitrogens with zero attached hydrogens (tertiary/aromatic N) is 2. The summed E-state index contributed by atoms with van der Waals surface area (Å²) in [6.45, 7) is 7.02. The Labute approximate surface area is 191 Å². The molecule has 0 radical (unpaired) electrons. The number of pyridine rings is 1.